The lowest BCUT2D eigenvalue weighted by Crippen LogP contribution is -2.35. The molecule has 0 radical (unpaired) electrons. The lowest BCUT2D eigenvalue weighted by molar-refractivity contribution is 0.0997. The third-order valence-corrected chi connectivity index (χ3v) is 4.98. The van der Waals surface area contributed by atoms with Crippen molar-refractivity contribution in [3.8, 4) is 0 Å². The van der Waals surface area contributed by atoms with E-state index in [1.54, 1.807) is 6.33 Å². The number of nitrogens with two attached hydrogens (primary N) is 2. The Morgan fingerprint density at radius 3 is 2.65 bits per heavy atom. The summed E-state index contributed by atoms with van der Waals surface area (Å²) in [4.78, 5) is 26.6. The van der Waals surface area contributed by atoms with Crippen molar-refractivity contribution >= 4 is 28.4 Å². The topological polar surface area (TPSA) is 116 Å². The van der Waals surface area contributed by atoms with E-state index in [0.717, 1.165) is 48.3 Å². The molecule has 8 nitrogen and oxygen atoms in total. The first-order valence-electron chi connectivity index (χ1n) is 8.64. The van der Waals surface area contributed by atoms with Crippen molar-refractivity contribution in [2.24, 2.45) is 5.73 Å². The van der Waals surface area contributed by atoms with Crippen LogP contribution in [0, 0.1) is 6.92 Å². The van der Waals surface area contributed by atoms with Crippen LogP contribution < -0.4 is 16.4 Å². The van der Waals surface area contributed by atoms with Crippen LogP contribution in [-0.2, 0) is 0 Å². The molecule has 0 saturated carbocycles. The van der Waals surface area contributed by atoms with E-state index in [-0.39, 0.29) is 11.7 Å². The predicted molar refractivity (Wildman–Crippen MR) is 99.9 cm³/mol. The molecule has 4 rings (SSSR count). The Morgan fingerprint density at radius 1 is 1.19 bits per heavy atom. The van der Waals surface area contributed by atoms with Crippen molar-refractivity contribution in [1.82, 2.24) is 19.5 Å². The molecule has 3 aromatic heterocycles. The maximum absolute atomic E-state index is 11.3. The maximum atomic E-state index is 11.3. The first-order chi connectivity index (χ1) is 12.5. The number of piperidine rings is 1. The molecule has 1 aliphatic heterocycles. The number of hydrogen-bond donors (Lipinski definition) is 2. The Kier molecular flexibility index (Phi) is 3.95. The molecule has 0 spiro atoms. The van der Waals surface area contributed by atoms with Gasteiger partial charge < -0.3 is 20.9 Å². The van der Waals surface area contributed by atoms with E-state index in [1.807, 2.05) is 29.8 Å². The number of fused-ring (bicyclic) bond motifs is 1. The van der Waals surface area contributed by atoms with Gasteiger partial charge >= 0.3 is 0 Å². The van der Waals surface area contributed by atoms with Gasteiger partial charge in [0.2, 0.25) is 0 Å². The van der Waals surface area contributed by atoms with Gasteiger partial charge in [-0.15, -0.1) is 0 Å². The van der Waals surface area contributed by atoms with Crippen molar-refractivity contribution < 1.29 is 4.79 Å². The number of aromatic nitrogens is 4. The molecule has 4 heterocycles. The standard InChI is InChI=1S/C18H21N7O/c1-11-2-3-13-14(4-7-21-18(13)23-11)24-8-5-12(6-9-24)25-10-22-15(16(25)19)17(20)26/h2-4,7,10,12H,5-6,8-9,19H2,1H3,(H2,20,26). The number of carbonyl (C=O) groups excluding carboxylic acids is 1. The molecule has 0 bridgehead atoms. The molecule has 1 aliphatic rings. The monoisotopic (exact) mass is 351 g/mol. The van der Waals surface area contributed by atoms with Crippen molar-refractivity contribution in [1.29, 1.82) is 0 Å². The second-order valence-electron chi connectivity index (χ2n) is 6.62. The van der Waals surface area contributed by atoms with E-state index < -0.39 is 5.91 Å². The number of anilines is 2. The van der Waals surface area contributed by atoms with Gasteiger partial charge in [0.15, 0.2) is 11.3 Å². The van der Waals surface area contributed by atoms with Crippen LogP contribution in [0.5, 0.6) is 0 Å². The highest BCUT2D eigenvalue weighted by Gasteiger charge is 2.25. The van der Waals surface area contributed by atoms with Crippen LogP contribution in [-0.4, -0.2) is 38.5 Å². The van der Waals surface area contributed by atoms with E-state index in [2.05, 4.69) is 25.9 Å². The van der Waals surface area contributed by atoms with Crippen molar-refractivity contribution in [3.63, 3.8) is 0 Å². The Balaban J connectivity index is 1.55. The number of aryl methyl sites for hydroxylation is 1. The zero-order valence-electron chi connectivity index (χ0n) is 14.6. The fraction of sp³-hybridized carbons (Fsp3) is 0.333. The SMILES string of the molecule is Cc1ccc2c(N3CCC(n4cnc(C(N)=O)c4N)CC3)ccnc2n1. The van der Waals surface area contributed by atoms with Gasteiger partial charge in [-0.25, -0.2) is 15.0 Å². The lowest BCUT2D eigenvalue weighted by atomic mass is 10.0. The molecule has 0 aromatic carbocycles. The number of pyridine rings is 2. The molecule has 8 heteroatoms. The first kappa shape index (κ1) is 16.3. The highest BCUT2D eigenvalue weighted by atomic mass is 16.1. The number of amides is 1. The summed E-state index contributed by atoms with van der Waals surface area (Å²) in [5.41, 5.74) is 14.4. The molecule has 1 amide bonds. The van der Waals surface area contributed by atoms with Crippen LogP contribution in [0.1, 0.15) is 35.1 Å². The van der Waals surface area contributed by atoms with E-state index in [1.165, 1.54) is 0 Å². The van der Waals surface area contributed by atoms with Gasteiger partial charge in [0.25, 0.3) is 5.91 Å². The molecule has 3 aromatic rings. The van der Waals surface area contributed by atoms with Crippen molar-refractivity contribution in [2.45, 2.75) is 25.8 Å². The highest BCUT2D eigenvalue weighted by molar-refractivity contribution is 5.95. The minimum atomic E-state index is -0.593. The summed E-state index contributed by atoms with van der Waals surface area (Å²) in [5.74, 6) is -0.241. The molecular weight excluding hydrogens is 330 g/mol. The van der Waals surface area contributed by atoms with Gasteiger partial charge in [-0.3, -0.25) is 4.79 Å². The summed E-state index contributed by atoms with van der Waals surface area (Å²) >= 11 is 0. The molecule has 0 atom stereocenters. The van der Waals surface area contributed by atoms with Crippen molar-refractivity contribution in [3.05, 3.63) is 42.1 Å². The summed E-state index contributed by atoms with van der Waals surface area (Å²) in [6, 6.07) is 6.34. The number of rotatable bonds is 3. The van der Waals surface area contributed by atoms with Crippen LogP contribution in [0.4, 0.5) is 11.5 Å². The van der Waals surface area contributed by atoms with E-state index >= 15 is 0 Å². The lowest BCUT2D eigenvalue weighted by Gasteiger charge is -2.34. The molecule has 4 N–H and O–H groups in total. The Morgan fingerprint density at radius 2 is 1.96 bits per heavy atom. The number of carbonyl (C=O) groups is 1. The minimum Gasteiger partial charge on any atom is -0.383 e. The normalized spacial score (nSPS) is 15.5. The highest BCUT2D eigenvalue weighted by Crippen LogP contribution is 2.31. The van der Waals surface area contributed by atoms with E-state index in [0.29, 0.717) is 5.82 Å². The Hall–Kier alpha value is -3.16. The molecule has 26 heavy (non-hydrogen) atoms. The van der Waals surface area contributed by atoms with Crippen molar-refractivity contribution in [2.75, 3.05) is 23.7 Å². The maximum Gasteiger partial charge on any atom is 0.271 e. The average Bonchev–Trinajstić information content (AvgIpc) is 3.03. The van der Waals surface area contributed by atoms with Gasteiger partial charge in [0.05, 0.1) is 6.33 Å². The zero-order chi connectivity index (χ0) is 18.3. The molecular formula is C18H21N7O. The number of nitrogen functional groups attached to an aromatic ring is 1. The summed E-state index contributed by atoms with van der Waals surface area (Å²) in [5, 5.41) is 1.06. The Labute approximate surface area is 150 Å². The van der Waals surface area contributed by atoms with Crippen LogP contribution >= 0.6 is 0 Å². The van der Waals surface area contributed by atoms with Crippen LogP contribution in [0.3, 0.4) is 0 Å². The second-order valence-corrected chi connectivity index (χ2v) is 6.62. The van der Waals surface area contributed by atoms with Crippen LogP contribution in [0.25, 0.3) is 11.0 Å². The zero-order valence-corrected chi connectivity index (χ0v) is 14.6. The molecule has 0 aliphatic carbocycles. The third-order valence-electron chi connectivity index (χ3n) is 4.98. The Bertz CT molecular complexity index is 973. The third kappa shape index (κ3) is 2.73. The van der Waals surface area contributed by atoms with Gasteiger partial charge in [-0.1, -0.05) is 0 Å². The van der Waals surface area contributed by atoms with E-state index in [4.69, 9.17) is 11.5 Å². The van der Waals surface area contributed by atoms with E-state index in [9.17, 15) is 4.79 Å². The predicted octanol–water partition coefficient (Wildman–Crippen LogP) is 1.66. The van der Waals surface area contributed by atoms with Gasteiger partial charge in [-0.05, 0) is 38.0 Å². The minimum absolute atomic E-state index is 0.147. The average molecular weight is 351 g/mol. The first-order valence-corrected chi connectivity index (χ1v) is 8.64. The number of nitrogens with zero attached hydrogens (tertiary/aromatic N) is 5. The van der Waals surface area contributed by atoms with Crippen LogP contribution in [0.2, 0.25) is 0 Å². The summed E-state index contributed by atoms with van der Waals surface area (Å²) in [6.07, 6.45) is 5.23. The molecule has 134 valence electrons. The van der Waals surface area contributed by atoms with Gasteiger partial charge in [0.1, 0.15) is 5.82 Å². The number of primary amides is 1. The van der Waals surface area contributed by atoms with Gasteiger partial charge in [-0.2, -0.15) is 0 Å². The second kappa shape index (κ2) is 6.29. The fourth-order valence-corrected chi connectivity index (χ4v) is 3.62. The quantitative estimate of drug-likeness (QED) is 0.741. The number of imidazole rings is 1. The van der Waals surface area contributed by atoms with Crippen LogP contribution in [0.15, 0.2) is 30.7 Å². The summed E-state index contributed by atoms with van der Waals surface area (Å²) < 4.78 is 1.87. The van der Waals surface area contributed by atoms with Gasteiger partial charge in [0, 0.05) is 42.1 Å². The largest absolute Gasteiger partial charge is 0.383 e. The smallest absolute Gasteiger partial charge is 0.271 e. The summed E-state index contributed by atoms with van der Waals surface area (Å²) in [6.45, 7) is 3.72. The molecule has 1 fully saturated rings. The molecule has 0 unspecified atom stereocenters. The number of hydrogen-bond acceptors (Lipinski definition) is 6. The fourth-order valence-electron chi connectivity index (χ4n) is 3.62. The summed E-state index contributed by atoms with van der Waals surface area (Å²) in [7, 11) is 0. The molecule has 1 saturated heterocycles.